The Kier molecular flexibility index (Phi) is 3.27. The van der Waals surface area contributed by atoms with Gasteiger partial charge in [0.25, 0.3) is 5.69 Å². The monoisotopic (exact) mass is 235 g/mol. The van der Waals surface area contributed by atoms with Crippen molar-refractivity contribution < 1.29 is 14.5 Å². The van der Waals surface area contributed by atoms with Crippen LogP contribution in [0.15, 0.2) is 18.2 Å². The number of nitro groups is 1. The molecule has 14 heavy (non-hydrogen) atoms. The van der Waals surface area contributed by atoms with Gasteiger partial charge < -0.3 is 4.74 Å². The number of nitrogens with zero attached hydrogens (tertiary/aromatic N) is 1. The van der Waals surface area contributed by atoms with E-state index < -0.39 is 10.4 Å². The van der Waals surface area contributed by atoms with E-state index in [0.29, 0.717) is 0 Å². The van der Waals surface area contributed by atoms with Crippen molar-refractivity contribution in [2.75, 3.05) is 0 Å². The Morgan fingerprint density at radius 2 is 2.14 bits per heavy atom. The van der Waals surface area contributed by atoms with Crippen LogP contribution >= 0.6 is 23.2 Å². The molecule has 0 atom stereocenters. The first-order valence-electron chi connectivity index (χ1n) is 3.32. The second-order valence-electron chi connectivity index (χ2n) is 2.21. The van der Waals surface area contributed by atoms with E-state index >= 15 is 0 Å². The molecule has 0 bridgehead atoms. The predicted molar refractivity (Wildman–Crippen MR) is 50.0 cm³/mol. The predicted octanol–water partition coefficient (Wildman–Crippen LogP) is 2.99. The zero-order valence-corrected chi connectivity index (χ0v) is 8.08. The Morgan fingerprint density at radius 3 is 2.64 bits per heavy atom. The summed E-state index contributed by atoms with van der Waals surface area (Å²) in [6.07, 6.45) is 0. The van der Waals surface area contributed by atoms with Crippen LogP contribution in [0.25, 0.3) is 0 Å². The Hall–Kier alpha value is -1.33. The number of ether oxygens (including phenoxy) is 1. The summed E-state index contributed by atoms with van der Waals surface area (Å²) < 4.78 is 4.42. The van der Waals surface area contributed by atoms with Gasteiger partial charge in [0, 0.05) is 11.6 Å². The van der Waals surface area contributed by atoms with Crippen molar-refractivity contribution in [1.82, 2.24) is 0 Å². The molecule has 0 saturated carbocycles. The number of hydrogen-bond acceptors (Lipinski definition) is 4. The summed E-state index contributed by atoms with van der Waals surface area (Å²) in [6, 6.07) is 3.56. The first-order valence-corrected chi connectivity index (χ1v) is 4.07. The first kappa shape index (κ1) is 10.7. The SMILES string of the molecule is O=C(Cl)Oc1ccc(Cl)c([N+](=O)[O-])c1. The molecule has 0 aliphatic rings. The molecule has 0 fully saturated rings. The van der Waals surface area contributed by atoms with E-state index in [1.54, 1.807) is 0 Å². The molecule has 1 aromatic carbocycles. The second-order valence-corrected chi connectivity index (χ2v) is 2.93. The Balaban J connectivity index is 3.06. The van der Waals surface area contributed by atoms with Gasteiger partial charge in [-0.1, -0.05) is 11.6 Å². The lowest BCUT2D eigenvalue weighted by Gasteiger charge is -1.99. The van der Waals surface area contributed by atoms with Crippen LogP contribution in [0.1, 0.15) is 0 Å². The molecule has 0 aliphatic heterocycles. The van der Waals surface area contributed by atoms with Crippen molar-refractivity contribution in [1.29, 1.82) is 0 Å². The number of benzene rings is 1. The van der Waals surface area contributed by atoms with Gasteiger partial charge >= 0.3 is 5.43 Å². The molecule has 0 saturated heterocycles. The van der Waals surface area contributed by atoms with Gasteiger partial charge in [0.05, 0.1) is 11.0 Å². The highest BCUT2D eigenvalue weighted by molar-refractivity contribution is 6.61. The molecule has 1 aromatic rings. The van der Waals surface area contributed by atoms with Crippen LogP contribution in [0.4, 0.5) is 10.5 Å². The molecule has 0 unspecified atom stereocenters. The number of carbonyl (C=O) groups excluding carboxylic acids is 1. The Bertz CT molecular complexity index is 393. The lowest BCUT2D eigenvalue weighted by Crippen LogP contribution is -1.97. The molecule has 0 radical (unpaired) electrons. The number of nitro benzene ring substituents is 1. The normalized spacial score (nSPS) is 9.57. The minimum Gasteiger partial charge on any atom is -0.414 e. The summed E-state index contributed by atoms with van der Waals surface area (Å²) >= 11 is 10.4. The third-order valence-corrected chi connectivity index (χ3v) is 1.71. The smallest absolute Gasteiger partial charge is 0.409 e. The van der Waals surface area contributed by atoms with Crippen LogP contribution < -0.4 is 4.74 Å². The minimum atomic E-state index is -1.07. The van der Waals surface area contributed by atoms with Gasteiger partial charge in [-0.3, -0.25) is 10.1 Å². The van der Waals surface area contributed by atoms with E-state index in [-0.39, 0.29) is 16.5 Å². The summed E-state index contributed by atoms with van der Waals surface area (Å²) in [7, 11) is 0. The maximum atomic E-state index is 10.4. The molecule has 0 N–H and O–H groups in total. The maximum Gasteiger partial charge on any atom is 0.409 e. The van der Waals surface area contributed by atoms with E-state index in [0.717, 1.165) is 6.07 Å². The van der Waals surface area contributed by atoms with Gasteiger partial charge in [0.15, 0.2) is 0 Å². The lowest BCUT2D eigenvalue weighted by atomic mass is 10.3. The Labute approximate surface area is 88.3 Å². The van der Waals surface area contributed by atoms with E-state index in [9.17, 15) is 14.9 Å². The van der Waals surface area contributed by atoms with Crippen LogP contribution in [0.2, 0.25) is 5.02 Å². The summed E-state index contributed by atoms with van der Waals surface area (Å²) in [6.45, 7) is 0. The van der Waals surface area contributed by atoms with E-state index in [4.69, 9.17) is 23.2 Å². The van der Waals surface area contributed by atoms with E-state index in [1.807, 2.05) is 0 Å². The van der Waals surface area contributed by atoms with Crippen LogP contribution in [-0.2, 0) is 0 Å². The molecule has 0 spiro atoms. The highest BCUT2D eigenvalue weighted by atomic mass is 35.5. The highest BCUT2D eigenvalue weighted by Gasteiger charge is 2.14. The van der Waals surface area contributed by atoms with Crippen LogP contribution in [-0.4, -0.2) is 10.4 Å². The van der Waals surface area contributed by atoms with Gasteiger partial charge in [-0.2, -0.15) is 0 Å². The van der Waals surface area contributed by atoms with Gasteiger partial charge in [0.2, 0.25) is 0 Å². The van der Waals surface area contributed by atoms with Crippen LogP contribution in [0, 0.1) is 10.1 Å². The lowest BCUT2D eigenvalue weighted by molar-refractivity contribution is -0.384. The topological polar surface area (TPSA) is 69.4 Å². The quantitative estimate of drug-likeness (QED) is 0.449. The van der Waals surface area contributed by atoms with Crippen molar-refractivity contribution in [2.45, 2.75) is 0 Å². The molecular formula is C7H3Cl2NO4. The largest absolute Gasteiger partial charge is 0.414 e. The fourth-order valence-corrected chi connectivity index (χ4v) is 1.06. The molecule has 74 valence electrons. The number of halogens is 2. The third-order valence-electron chi connectivity index (χ3n) is 1.31. The van der Waals surface area contributed by atoms with Crippen molar-refractivity contribution in [2.24, 2.45) is 0 Å². The first-order chi connectivity index (χ1) is 6.50. The number of carbonyl (C=O) groups is 1. The van der Waals surface area contributed by atoms with Crippen molar-refractivity contribution in [3.63, 3.8) is 0 Å². The summed E-state index contributed by atoms with van der Waals surface area (Å²) in [5.74, 6) is -0.0268. The second kappa shape index (κ2) is 4.26. The zero-order chi connectivity index (χ0) is 10.7. The Morgan fingerprint density at radius 1 is 1.50 bits per heavy atom. The summed E-state index contributed by atoms with van der Waals surface area (Å²) in [5, 5.41) is 10.4. The van der Waals surface area contributed by atoms with Crippen molar-refractivity contribution >= 4 is 34.3 Å². The fourth-order valence-electron chi connectivity index (χ4n) is 0.789. The van der Waals surface area contributed by atoms with Gasteiger partial charge in [-0.05, 0) is 12.1 Å². The average Bonchev–Trinajstić information content (AvgIpc) is 2.07. The van der Waals surface area contributed by atoms with Crippen LogP contribution in [0.5, 0.6) is 5.75 Å². The van der Waals surface area contributed by atoms with E-state index in [2.05, 4.69) is 4.74 Å². The van der Waals surface area contributed by atoms with E-state index in [1.165, 1.54) is 12.1 Å². The number of rotatable bonds is 2. The highest BCUT2D eigenvalue weighted by Crippen LogP contribution is 2.28. The average molecular weight is 236 g/mol. The molecule has 5 nitrogen and oxygen atoms in total. The zero-order valence-electron chi connectivity index (χ0n) is 6.57. The standard InChI is InChI=1S/C7H3Cl2NO4/c8-5-2-1-4(14-7(9)11)3-6(5)10(12)13/h1-3H. The molecule has 0 aliphatic carbocycles. The van der Waals surface area contributed by atoms with Crippen molar-refractivity contribution in [3.8, 4) is 5.75 Å². The number of hydrogen-bond donors (Lipinski definition) is 0. The summed E-state index contributed by atoms with van der Waals surface area (Å²) in [4.78, 5) is 20.0. The van der Waals surface area contributed by atoms with Gasteiger partial charge in [0.1, 0.15) is 10.8 Å². The molecule has 0 amide bonds. The third kappa shape index (κ3) is 2.58. The molecule has 0 aromatic heterocycles. The van der Waals surface area contributed by atoms with Crippen LogP contribution in [0.3, 0.4) is 0 Å². The van der Waals surface area contributed by atoms with Gasteiger partial charge in [-0.15, -0.1) is 0 Å². The molecule has 7 heteroatoms. The fraction of sp³-hybridized carbons (Fsp3) is 0. The maximum absolute atomic E-state index is 10.4. The van der Waals surface area contributed by atoms with Crippen molar-refractivity contribution in [3.05, 3.63) is 33.3 Å². The van der Waals surface area contributed by atoms with Gasteiger partial charge in [-0.25, -0.2) is 4.79 Å². The molecular weight excluding hydrogens is 233 g/mol. The summed E-state index contributed by atoms with van der Waals surface area (Å²) in [5.41, 5.74) is -1.41. The molecule has 1 rings (SSSR count). The molecule has 0 heterocycles. The minimum absolute atomic E-state index is 0.0268.